The summed E-state index contributed by atoms with van der Waals surface area (Å²) in [5.41, 5.74) is 1.68. The quantitative estimate of drug-likeness (QED) is 0.330. The van der Waals surface area contributed by atoms with Crippen LogP contribution in [-0.4, -0.2) is 82.2 Å². The van der Waals surface area contributed by atoms with Crippen LogP contribution in [-0.2, 0) is 9.59 Å². The van der Waals surface area contributed by atoms with Gasteiger partial charge >= 0.3 is 0 Å². The molecule has 3 rings (SSSR count). The Bertz CT molecular complexity index is 1130. The predicted octanol–water partition coefficient (Wildman–Crippen LogP) is 3.01. The van der Waals surface area contributed by atoms with Crippen molar-refractivity contribution in [1.82, 2.24) is 9.80 Å². The van der Waals surface area contributed by atoms with Crippen molar-refractivity contribution in [3.63, 3.8) is 0 Å². The molecule has 1 heterocycles. The van der Waals surface area contributed by atoms with E-state index < -0.39 is 17.7 Å². The first-order valence-corrected chi connectivity index (χ1v) is 11.1. The molecule has 0 aliphatic carbocycles. The molecule has 1 amide bonds. The number of benzene rings is 2. The minimum atomic E-state index is -0.856. The summed E-state index contributed by atoms with van der Waals surface area (Å²) in [6.07, 6.45) is 0. The maximum Gasteiger partial charge on any atom is 0.295 e. The number of hydrogen-bond acceptors (Lipinski definition) is 8. The molecule has 9 heteroatoms. The van der Waals surface area contributed by atoms with E-state index in [-0.39, 0.29) is 17.9 Å². The molecule has 1 aliphatic heterocycles. The van der Waals surface area contributed by atoms with Crippen LogP contribution in [0.5, 0.6) is 23.0 Å². The number of methoxy groups -OCH3 is 4. The highest BCUT2D eigenvalue weighted by molar-refractivity contribution is 6.46. The predicted molar refractivity (Wildman–Crippen MR) is 131 cm³/mol. The molecule has 0 radical (unpaired) electrons. The fraction of sp³-hybridized carbons (Fsp3) is 0.385. The zero-order valence-electron chi connectivity index (χ0n) is 21.2. The summed E-state index contributed by atoms with van der Waals surface area (Å²) < 4.78 is 21.7. The Hall–Kier alpha value is -3.72. The van der Waals surface area contributed by atoms with Crippen LogP contribution in [0.15, 0.2) is 35.9 Å². The molecule has 0 spiro atoms. The number of ketones is 1. The van der Waals surface area contributed by atoms with Crippen molar-refractivity contribution < 1.29 is 33.6 Å². The van der Waals surface area contributed by atoms with Gasteiger partial charge in [-0.2, -0.15) is 0 Å². The lowest BCUT2D eigenvalue weighted by Gasteiger charge is -2.27. The van der Waals surface area contributed by atoms with E-state index in [0.717, 1.165) is 0 Å². The average molecular weight is 485 g/mol. The number of Topliss-reactive ketones (excluding diaryl/α,β-unsaturated/α-hetero) is 1. The van der Waals surface area contributed by atoms with Gasteiger partial charge in [0.05, 0.1) is 40.1 Å². The van der Waals surface area contributed by atoms with Crippen molar-refractivity contribution in [3.05, 3.63) is 52.6 Å². The van der Waals surface area contributed by atoms with Gasteiger partial charge in [-0.3, -0.25) is 9.59 Å². The van der Waals surface area contributed by atoms with E-state index in [2.05, 4.69) is 0 Å². The Balaban J connectivity index is 2.27. The van der Waals surface area contributed by atoms with Gasteiger partial charge in [-0.1, -0.05) is 0 Å². The summed E-state index contributed by atoms with van der Waals surface area (Å²) in [6, 6.07) is 7.64. The maximum atomic E-state index is 13.3. The molecule has 2 aromatic rings. The van der Waals surface area contributed by atoms with Crippen LogP contribution in [0.4, 0.5) is 0 Å². The van der Waals surface area contributed by atoms with Crippen molar-refractivity contribution in [1.29, 1.82) is 0 Å². The lowest BCUT2D eigenvalue weighted by Crippen LogP contribution is -2.35. The molecule has 0 unspecified atom stereocenters. The molecule has 188 valence electrons. The Labute approximate surface area is 205 Å². The van der Waals surface area contributed by atoms with Crippen molar-refractivity contribution in [2.45, 2.75) is 13.0 Å². The molecule has 1 fully saturated rings. The SMILES string of the molecule is COc1ccc(/C(O)=C2\C(=O)C(=O)N(CCN(C)C)[C@@H]2c2cc(OC)c(OC)c(OC)c2)c(C)c1. The van der Waals surface area contributed by atoms with Crippen LogP contribution >= 0.6 is 0 Å². The van der Waals surface area contributed by atoms with Crippen LogP contribution in [0.25, 0.3) is 5.76 Å². The number of aryl methyl sites for hydroxylation is 1. The van der Waals surface area contributed by atoms with Gasteiger partial charge in [-0.25, -0.2) is 0 Å². The lowest BCUT2D eigenvalue weighted by atomic mass is 9.93. The number of rotatable bonds is 9. The molecular formula is C26H32N2O7. The fourth-order valence-corrected chi connectivity index (χ4v) is 4.20. The molecule has 0 saturated carbocycles. The number of carbonyl (C=O) groups excluding carboxylic acids is 2. The topological polar surface area (TPSA) is 97.8 Å². The van der Waals surface area contributed by atoms with Gasteiger partial charge in [-0.05, 0) is 62.5 Å². The first kappa shape index (κ1) is 25.9. The largest absolute Gasteiger partial charge is 0.507 e. The third kappa shape index (κ3) is 4.90. The third-order valence-electron chi connectivity index (χ3n) is 6.02. The van der Waals surface area contributed by atoms with Crippen LogP contribution in [0.1, 0.15) is 22.7 Å². The monoisotopic (exact) mass is 484 g/mol. The van der Waals surface area contributed by atoms with E-state index >= 15 is 0 Å². The van der Waals surface area contributed by atoms with Gasteiger partial charge in [0.15, 0.2) is 11.5 Å². The Morgan fingerprint density at radius 1 is 0.971 bits per heavy atom. The van der Waals surface area contributed by atoms with Gasteiger partial charge in [0.25, 0.3) is 11.7 Å². The summed E-state index contributed by atoms with van der Waals surface area (Å²) >= 11 is 0. The summed E-state index contributed by atoms with van der Waals surface area (Å²) in [5, 5.41) is 11.4. The molecule has 35 heavy (non-hydrogen) atoms. The summed E-state index contributed by atoms with van der Waals surface area (Å²) in [5.74, 6) is 0.0613. The van der Waals surface area contributed by atoms with E-state index in [0.29, 0.717) is 46.2 Å². The second kappa shape index (κ2) is 10.7. The number of carbonyl (C=O) groups is 2. The molecule has 1 atom stereocenters. The smallest absolute Gasteiger partial charge is 0.295 e. The molecule has 1 saturated heterocycles. The second-order valence-corrected chi connectivity index (χ2v) is 8.44. The second-order valence-electron chi connectivity index (χ2n) is 8.44. The van der Waals surface area contributed by atoms with Gasteiger partial charge in [0.1, 0.15) is 11.5 Å². The number of ether oxygens (including phenoxy) is 4. The van der Waals surface area contributed by atoms with Crippen molar-refractivity contribution in [2.75, 3.05) is 55.6 Å². The number of likely N-dealkylation sites (N-methyl/N-ethyl adjacent to an activating group) is 1. The van der Waals surface area contributed by atoms with Gasteiger partial charge in [0, 0.05) is 18.7 Å². The third-order valence-corrected chi connectivity index (χ3v) is 6.02. The van der Waals surface area contributed by atoms with Crippen molar-refractivity contribution in [2.24, 2.45) is 0 Å². The number of nitrogens with zero attached hydrogens (tertiary/aromatic N) is 2. The fourth-order valence-electron chi connectivity index (χ4n) is 4.20. The average Bonchev–Trinajstić information content (AvgIpc) is 3.10. The van der Waals surface area contributed by atoms with Crippen LogP contribution < -0.4 is 18.9 Å². The Morgan fingerprint density at radius 3 is 2.09 bits per heavy atom. The first-order chi connectivity index (χ1) is 16.7. The van der Waals surface area contributed by atoms with Gasteiger partial charge in [0.2, 0.25) is 5.75 Å². The number of amides is 1. The van der Waals surface area contributed by atoms with Gasteiger partial charge in [-0.15, -0.1) is 0 Å². The van der Waals surface area contributed by atoms with Gasteiger partial charge < -0.3 is 33.9 Å². The van der Waals surface area contributed by atoms with E-state index in [4.69, 9.17) is 18.9 Å². The molecule has 1 N–H and O–H groups in total. The minimum Gasteiger partial charge on any atom is -0.507 e. The number of aliphatic hydroxyl groups is 1. The van der Waals surface area contributed by atoms with Crippen LogP contribution in [0.3, 0.4) is 0 Å². The number of aliphatic hydroxyl groups excluding tert-OH is 1. The van der Waals surface area contributed by atoms with E-state index in [9.17, 15) is 14.7 Å². The number of hydrogen-bond donors (Lipinski definition) is 1. The Morgan fingerprint density at radius 2 is 1.60 bits per heavy atom. The molecule has 1 aliphatic rings. The lowest BCUT2D eigenvalue weighted by molar-refractivity contribution is -0.140. The summed E-state index contributed by atoms with van der Waals surface area (Å²) in [7, 11) is 9.79. The summed E-state index contributed by atoms with van der Waals surface area (Å²) in [6.45, 7) is 2.60. The summed E-state index contributed by atoms with van der Waals surface area (Å²) in [4.78, 5) is 29.8. The molecule has 0 aromatic heterocycles. The van der Waals surface area contributed by atoms with Crippen molar-refractivity contribution >= 4 is 17.4 Å². The molecular weight excluding hydrogens is 452 g/mol. The number of likely N-dealkylation sites (tertiary alicyclic amines) is 1. The highest BCUT2D eigenvalue weighted by atomic mass is 16.5. The highest BCUT2D eigenvalue weighted by Crippen LogP contribution is 2.45. The van der Waals surface area contributed by atoms with Crippen LogP contribution in [0, 0.1) is 6.92 Å². The minimum absolute atomic E-state index is 0.00343. The first-order valence-electron chi connectivity index (χ1n) is 11.1. The maximum absolute atomic E-state index is 13.3. The zero-order chi connectivity index (χ0) is 25.9. The van der Waals surface area contributed by atoms with E-state index in [1.54, 1.807) is 44.4 Å². The Kier molecular flexibility index (Phi) is 7.91. The molecule has 9 nitrogen and oxygen atoms in total. The molecule has 0 bridgehead atoms. The van der Waals surface area contributed by atoms with Crippen LogP contribution in [0.2, 0.25) is 0 Å². The normalized spacial score (nSPS) is 17.1. The van der Waals surface area contributed by atoms with E-state index in [1.807, 2.05) is 19.0 Å². The molecule has 2 aromatic carbocycles. The zero-order valence-corrected chi connectivity index (χ0v) is 21.2. The highest BCUT2D eigenvalue weighted by Gasteiger charge is 2.46. The van der Waals surface area contributed by atoms with E-state index in [1.165, 1.54) is 26.2 Å². The standard InChI is InChI=1S/C26H32N2O7/c1-15-12-17(32-4)8-9-18(15)23(29)21-22(28(11-10-27(2)3)26(31)24(21)30)16-13-19(33-5)25(35-7)20(14-16)34-6/h8-9,12-14,22,29H,10-11H2,1-7H3/b23-21+/t22-/m1/s1. The van der Waals surface area contributed by atoms with Crippen molar-refractivity contribution in [3.8, 4) is 23.0 Å².